The van der Waals surface area contributed by atoms with Gasteiger partial charge in [-0.2, -0.15) is 21.0 Å². The van der Waals surface area contributed by atoms with Gasteiger partial charge in [0.15, 0.2) is 0 Å². The third-order valence-electron chi connectivity index (χ3n) is 0.540. The summed E-state index contributed by atoms with van der Waals surface area (Å²) in [6, 6.07) is 6.24. The molecule has 0 unspecified atom stereocenters. The standard InChI is InChI=1S/2C4H2N2/c2*1-4(2-5)3-6/h2*1H2. The van der Waals surface area contributed by atoms with Crippen molar-refractivity contribution in [2.24, 2.45) is 0 Å². The first-order valence-corrected chi connectivity index (χ1v) is 2.60. The summed E-state index contributed by atoms with van der Waals surface area (Å²) in [5.41, 5.74) is -0.0926. The fraction of sp³-hybridized carbons (Fsp3) is 0. The predicted molar refractivity (Wildman–Crippen MR) is 40.7 cm³/mol. The van der Waals surface area contributed by atoms with E-state index < -0.39 is 0 Å². The van der Waals surface area contributed by atoms with Crippen LogP contribution in [-0.4, -0.2) is 0 Å². The van der Waals surface area contributed by atoms with Gasteiger partial charge in [-0.3, -0.25) is 0 Å². The zero-order valence-corrected chi connectivity index (χ0v) is 6.20. The van der Waals surface area contributed by atoms with E-state index >= 15 is 0 Å². The molecule has 0 atom stereocenters. The van der Waals surface area contributed by atoms with E-state index in [9.17, 15) is 0 Å². The summed E-state index contributed by atoms with van der Waals surface area (Å²) in [5.74, 6) is 0. The topological polar surface area (TPSA) is 95.2 Å². The maximum atomic E-state index is 7.76. The Morgan fingerprint density at radius 1 is 0.667 bits per heavy atom. The predicted octanol–water partition coefficient (Wildman–Crippen LogP) is 1.18. The van der Waals surface area contributed by atoms with E-state index in [1.165, 1.54) is 0 Å². The Hall–Kier alpha value is -2.56. The molecule has 0 aromatic carbocycles. The molecule has 0 aliphatic rings. The Bertz CT molecular complexity index is 269. The van der Waals surface area contributed by atoms with Gasteiger partial charge < -0.3 is 0 Å². The molecule has 0 amide bonds. The fourth-order valence-electron chi connectivity index (χ4n) is 0.0500. The minimum Gasteiger partial charge on any atom is -0.192 e. The number of hydrogen-bond donors (Lipinski definition) is 0. The molecule has 0 heterocycles. The van der Waals surface area contributed by atoms with Crippen LogP contribution >= 0.6 is 0 Å². The molecule has 0 fully saturated rings. The van der Waals surface area contributed by atoms with Gasteiger partial charge in [-0.25, -0.2) is 0 Å². The van der Waals surface area contributed by atoms with Crippen molar-refractivity contribution in [2.45, 2.75) is 0 Å². The molecular weight excluding hydrogens is 152 g/mol. The third kappa shape index (κ3) is 10.4. The van der Waals surface area contributed by atoms with E-state index in [0.29, 0.717) is 0 Å². The summed E-state index contributed by atoms with van der Waals surface area (Å²) < 4.78 is 0. The Balaban J connectivity index is 0. The van der Waals surface area contributed by atoms with Gasteiger partial charge in [-0.1, -0.05) is 13.2 Å². The van der Waals surface area contributed by atoms with Gasteiger partial charge >= 0.3 is 0 Å². The molecular formula is C8H4N4. The molecule has 0 bridgehead atoms. The average Bonchev–Trinajstić information content (AvgIpc) is 2.16. The fourth-order valence-corrected chi connectivity index (χ4v) is 0.0500. The van der Waals surface area contributed by atoms with Crippen LogP contribution in [0.4, 0.5) is 0 Å². The smallest absolute Gasteiger partial charge is 0.122 e. The minimum atomic E-state index is -0.0463. The molecule has 0 spiro atoms. The normalized spacial score (nSPS) is 5.00. The Morgan fingerprint density at radius 2 is 0.833 bits per heavy atom. The molecule has 0 aliphatic heterocycles. The van der Waals surface area contributed by atoms with Crippen molar-refractivity contribution in [3.63, 3.8) is 0 Å². The first-order valence-electron chi connectivity index (χ1n) is 2.60. The van der Waals surface area contributed by atoms with Crippen LogP contribution < -0.4 is 0 Å². The molecule has 12 heavy (non-hydrogen) atoms. The van der Waals surface area contributed by atoms with Crippen LogP contribution in [0.5, 0.6) is 0 Å². The largest absolute Gasteiger partial charge is 0.192 e. The van der Waals surface area contributed by atoms with Gasteiger partial charge in [-0.05, 0) is 0 Å². The Morgan fingerprint density at radius 3 is 0.833 bits per heavy atom. The lowest BCUT2D eigenvalue weighted by Crippen LogP contribution is -1.58. The van der Waals surface area contributed by atoms with Crippen LogP contribution in [0, 0.1) is 45.3 Å². The van der Waals surface area contributed by atoms with Gasteiger partial charge in [0.2, 0.25) is 0 Å². The van der Waals surface area contributed by atoms with Crippen molar-refractivity contribution in [3.05, 3.63) is 24.3 Å². The van der Waals surface area contributed by atoms with E-state index in [2.05, 4.69) is 13.2 Å². The number of hydrogen-bond acceptors (Lipinski definition) is 4. The molecule has 0 aromatic rings. The molecule has 4 nitrogen and oxygen atoms in total. The number of allylic oxidation sites excluding steroid dienone is 2. The molecule has 0 aromatic heterocycles. The zero-order valence-electron chi connectivity index (χ0n) is 6.20. The lowest BCUT2D eigenvalue weighted by Gasteiger charge is -1.58. The Kier molecular flexibility index (Phi) is 8.54. The monoisotopic (exact) mass is 156 g/mol. The van der Waals surface area contributed by atoms with E-state index in [-0.39, 0.29) is 11.1 Å². The highest BCUT2D eigenvalue weighted by atomic mass is 14.3. The Labute approximate surface area is 70.5 Å². The van der Waals surface area contributed by atoms with E-state index in [0.717, 1.165) is 0 Å². The molecule has 0 saturated heterocycles. The van der Waals surface area contributed by atoms with Gasteiger partial charge in [-0.15, -0.1) is 0 Å². The first-order chi connectivity index (χ1) is 5.62. The number of rotatable bonds is 0. The molecule has 4 heteroatoms. The quantitative estimate of drug-likeness (QED) is 0.492. The summed E-state index contributed by atoms with van der Waals surface area (Å²) in [5, 5.41) is 31.1. The van der Waals surface area contributed by atoms with Gasteiger partial charge in [0.05, 0.1) is 0 Å². The van der Waals surface area contributed by atoms with Crippen LogP contribution in [0.2, 0.25) is 0 Å². The molecule has 0 N–H and O–H groups in total. The van der Waals surface area contributed by atoms with E-state index in [1.54, 1.807) is 24.3 Å². The van der Waals surface area contributed by atoms with Crippen molar-refractivity contribution < 1.29 is 0 Å². The van der Waals surface area contributed by atoms with E-state index in [4.69, 9.17) is 21.0 Å². The van der Waals surface area contributed by atoms with Crippen molar-refractivity contribution in [1.29, 1.82) is 21.0 Å². The maximum Gasteiger partial charge on any atom is 0.122 e. The molecule has 0 rings (SSSR count). The van der Waals surface area contributed by atoms with E-state index in [1.807, 2.05) is 0 Å². The summed E-state index contributed by atoms with van der Waals surface area (Å²) >= 11 is 0. The van der Waals surface area contributed by atoms with Gasteiger partial charge in [0.1, 0.15) is 35.4 Å². The summed E-state index contributed by atoms with van der Waals surface area (Å²) in [6.07, 6.45) is 0. The maximum absolute atomic E-state index is 7.76. The summed E-state index contributed by atoms with van der Waals surface area (Å²) in [7, 11) is 0. The van der Waals surface area contributed by atoms with Crippen molar-refractivity contribution in [2.75, 3.05) is 0 Å². The molecule has 0 radical (unpaired) electrons. The van der Waals surface area contributed by atoms with Crippen LogP contribution in [0.3, 0.4) is 0 Å². The first kappa shape index (κ1) is 12.1. The van der Waals surface area contributed by atoms with Crippen LogP contribution in [-0.2, 0) is 0 Å². The summed E-state index contributed by atoms with van der Waals surface area (Å²) in [6.45, 7) is 6.14. The highest BCUT2D eigenvalue weighted by molar-refractivity contribution is 5.31. The second-order valence-electron chi connectivity index (χ2n) is 1.40. The van der Waals surface area contributed by atoms with Gasteiger partial charge in [0.25, 0.3) is 0 Å². The van der Waals surface area contributed by atoms with Crippen LogP contribution in [0.25, 0.3) is 0 Å². The lowest BCUT2D eigenvalue weighted by atomic mass is 10.4. The molecule has 0 saturated carbocycles. The SMILES string of the molecule is C=C(C#N)C#N.C=C(C#N)C#N. The van der Waals surface area contributed by atoms with Crippen molar-refractivity contribution in [3.8, 4) is 24.3 Å². The van der Waals surface area contributed by atoms with Crippen LogP contribution in [0.1, 0.15) is 0 Å². The second kappa shape index (κ2) is 8.44. The zero-order chi connectivity index (χ0) is 9.98. The highest BCUT2D eigenvalue weighted by Crippen LogP contribution is 1.76. The van der Waals surface area contributed by atoms with Crippen molar-refractivity contribution >= 4 is 0 Å². The summed E-state index contributed by atoms with van der Waals surface area (Å²) in [4.78, 5) is 0. The minimum absolute atomic E-state index is 0.0463. The average molecular weight is 156 g/mol. The second-order valence-corrected chi connectivity index (χ2v) is 1.40. The number of nitrogens with zero attached hydrogens (tertiary/aromatic N) is 4. The third-order valence-corrected chi connectivity index (χ3v) is 0.540. The molecule has 56 valence electrons. The molecule has 0 aliphatic carbocycles. The highest BCUT2D eigenvalue weighted by Gasteiger charge is 1.76. The lowest BCUT2D eigenvalue weighted by molar-refractivity contribution is 1.47. The van der Waals surface area contributed by atoms with Gasteiger partial charge in [0, 0.05) is 0 Å². The van der Waals surface area contributed by atoms with Crippen LogP contribution in [0.15, 0.2) is 24.3 Å². The number of nitriles is 4. The van der Waals surface area contributed by atoms with Crippen molar-refractivity contribution in [1.82, 2.24) is 0 Å².